The summed E-state index contributed by atoms with van der Waals surface area (Å²) in [4.78, 5) is 19.2. The smallest absolute Gasteiger partial charge is 0.346 e. The standard InChI is InChI=1S/C24H21ClN2O3/c1-15(2)14-29-21-10-6-4-8-17(21)19-13-20(27-24(28)26-19)23-12-11-22(30-23)16-7-3-5-9-18(16)25/h3-13,15H,14H2,1-2H3,(H,26,27,28). The van der Waals surface area contributed by atoms with Crippen molar-refractivity contribution < 1.29 is 9.15 Å². The summed E-state index contributed by atoms with van der Waals surface area (Å²) in [5, 5.41) is 0.596. The van der Waals surface area contributed by atoms with Crippen LogP contribution in [0.5, 0.6) is 5.75 Å². The number of hydrogen-bond acceptors (Lipinski definition) is 4. The van der Waals surface area contributed by atoms with E-state index in [-0.39, 0.29) is 0 Å². The summed E-state index contributed by atoms with van der Waals surface area (Å²) in [6.45, 7) is 4.74. The summed E-state index contributed by atoms with van der Waals surface area (Å²) in [6, 6.07) is 20.4. The zero-order valence-corrected chi connectivity index (χ0v) is 17.4. The van der Waals surface area contributed by atoms with Crippen LogP contribution in [-0.4, -0.2) is 16.6 Å². The van der Waals surface area contributed by atoms with Crippen LogP contribution < -0.4 is 10.4 Å². The van der Waals surface area contributed by atoms with Gasteiger partial charge in [-0.15, -0.1) is 0 Å². The van der Waals surface area contributed by atoms with E-state index in [0.29, 0.717) is 46.2 Å². The van der Waals surface area contributed by atoms with Crippen molar-refractivity contribution >= 4 is 11.6 Å². The Bertz CT molecular complexity index is 1230. The fraction of sp³-hybridized carbons (Fsp3) is 0.167. The van der Waals surface area contributed by atoms with Gasteiger partial charge in [0.2, 0.25) is 0 Å². The molecule has 0 aliphatic rings. The number of furan rings is 1. The van der Waals surface area contributed by atoms with Gasteiger partial charge < -0.3 is 14.1 Å². The Kier molecular flexibility index (Phi) is 5.72. The number of hydrogen-bond donors (Lipinski definition) is 1. The van der Waals surface area contributed by atoms with Gasteiger partial charge in [-0.05, 0) is 48.4 Å². The minimum atomic E-state index is -0.461. The molecule has 1 N–H and O–H groups in total. The second kappa shape index (κ2) is 8.59. The SMILES string of the molecule is CC(C)COc1ccccc1-c1cc(-c2ccc(-c3ccccc3Cl)o2)[nH]c(=O)n1. The molecule has 0 spiro atoms. The molecule has 0 atom stereocenters. The molecule has 0 unspecified atom stereocenters. The van der Waals surface area contributed by atoms with Crippen LogP contribution in [0.1, 0.15) is 13.8 Å². The van der Waals surface area contributed by atoms with Crippen molar-refractivity contribution in [2.75, 3.05) is 6.61 Å². The molecular formula is C24H21ClN2O3. The Hall–Kier alpha value is -3.31. The molecule has 30 heavy (non-hydrogen) atoms. The van der Waals surface area contributed by atoms with E-state index < -0.39 is 5.69 Å². The summed E-state index contributed by atoms with van der Waals surface area (Å²) >= 11 is 6.27. The Balaban J connectivity index is 1.73. The second-order valence-electron chi connectivity index (χ2n) is 7.33. The van der Waals surface area contributed by atoms with Gasteiger partial charge in [-0.2, -0.15) is 4.98 Å². The number of benzene rings is 2. The van der Waals surface area contributed by atoms with Crippen molar-refractivity contribution in [1.82, 2.24) is 9.97 Å². The van der Waals surface area contributed by atoms with Crippen LogP contribution in [0.4, 0.5) is 0 Å². The molecule has 0 radical (unpaired) electrons. The molecule has 2 aromatic heterocycles. The van der Waals surface area contributed by atoms with Gasteiger partial charge in [-0.25, -0.2) is 4.79 Å². The maximum atomic E-state index is 12.3. The molecule has 152 valence electrons. The van der Waals surface area contributed by atoms with Crippen molar-refractivity contribution in [1.29, 1.82) is 0 Å². The molecule has 0 aliphatic heterocycles. The number of ether oxygens (including phenoxy) is 1. The number of H-pyrrole nitrogens is 1. The number of aromatic nitrogens is 2. The van der Waals surface area contributed by atoms with Crippen molar-refractivity contribution in [3.05, 3.63) is 82.2 Å². The van der Waals surface area contributed by atoms with Crippen LogP contribution in [0, 0.1) is 5.92 Å². The van der Waals surface area contributed by atoms with E-state index in [1.54, 1.807) is 18.2 Å². The van der Waals surface area contributed by atoms with Gasteiger partial charge in [0.1, 0.15) is 11.5 Å². The van der Waals surface area contributed by atoms with Gasteiger partial charge >= 0.3 is 5.69 Å². The molecule has 5 nitrogen and oxygen atoms in total. The predicted molar refractivity (Wildman–Crippen MR) is 119 cm³/mol. The Morgan fingerprint density at radius 1 is 1.00 bits per heavy atom. The Morgan fingerprint density at radius 3 is 2.47 bits per heavy atom. The molecule has 2 heterocycles. The molecule has 6 heteroatoms. The first-order valence-electron chi connectivity index (χ1n) is 9.70. The molecule has 4 aromatic rings. The van der Waals surface area contributed by atoms with Crippen molar-refractivity contribution in [2.24, 2.45) is 5.92 Å². The average Bonchev–Trinajstić information content (AvgIpc) is 3.22. The third kappa shape index (κ3) is 4.31. The lowest BCUT2D eigenvalue weighted by Crippen LogP contribution is -2.12. The largest absolute Gasteiger partial charge is 0.493 e. The third-order valence-electron chi connectivity index (χ3n) is 4.49. The quantitative estimate of drug-likeness (QED) is 0.412. The van der Waals surface area contributed by atoms with E-state index in [9.17, 15) is 4.79 Å². The van der Waals surface area contributed by atoms with Gasteiger partial charge in [0.05, 0.1) is 23.0 Å². The molecule has 0 bridgehead atoms. The first-order chi connectivity index (χ1) is 14.5. The number of para-hydroxylation sites is 1. The molecular weight excluding hydrogens is 400 g/mol. The monoisotopic (exact) mass is 420 g/mol. The summed E-state index contributed by atoms with van der Waals surface area (Å²) in [5.41, 5.74) is 2.13. The van der Waals surface area contributed by atoms with E-state index in [0.717, 1.165) is 11.1 Å². The van der Waals surface area contributed by atoms with E-state index >= 15 is 0 Å². The van der Waals surface area contributed by atoms with Crippen molar-refractivity contribution in [3.63, 3.8) is 0 Å². The molecule has 0 fully saturated rings. The van der Waals surface area contributed by atoms with Gasteiger partial charge in [-0.1, -0.05) is 49.7 Å². The zero-order chi connectivity index (χ0) is 21.1. The van der Waals surface area contributed by atoms with Gasteiger partial charge in [-0.3, -0.25) is 0 Å². The van der Waals surface area contributed by atoms with Crippen LogP contribution in [0.3, 0.4) is 0 Å². The van der Waals surface area contributed by atoms with E-state index in [2.05, 4.69) is 23.8 Å². The third-order valence-corrected chi connectivity index (χ3v) is 4.82. The molecule has 0 saturated carbocycles. The molecule has 0 aliphatic carbocycles. The fourth-order valence-electron chi connectivity index (χ4n) is 3.08. The number of halogens is 1. The van der Waals surface area contributed by atoms with Crippen molar-refractivity contribution in [2.45, 2.75) is 13.8 Å². The van der Waals surface area contributed by atoms with Crippen LogP contribution >= 0.6 is 11.6 Å². The molecule has 0 amide bonds. The lowest BCUT2D eigenvalue weighted by Gasteiger charge is -2.13. The Morgan fingerprint density at radius 2 is 1.70 bits per heavy atom. The Labute approximate surface area is 179 Å². The topological polar surface area (TPSA) is 68.1 Å². The highest BCUT2D eigenvalue weighted by Gasteiger charge is 2.14. The predicted octanol–water partition coefficient (Wildman–Crippen LogP) is 6.05. The molecule has 4 rings (SSSR count). The number of rotatable bonds is 6. The van der Waals surface area contributed by atoms with Crippen LogP contribution in [-0.2, 0) is 0 Å². The zero-order valence-electron chi connectivity index (χ0n) is 16.7. The lowest BCUT2D eigenvalue weighted by molar-refractivity contribution is 0.272. The van der Waals surface area contributed by atoms with Crippen LogP contribution in [0.25, 0.3) is 34.0 Å². The fourth-order valence-corrected chi connectivity index (χ4v) is 3.31. The minimum Gasteiger partial charge on any atom is -0.493 e. The second-order valence-corrected chi connectivity index (χ2v) is 7.74. The number of nitrogens with one attached hydrogen (secondary N) is 1. The highest BCUT2D eigenvalue weighted by molar-refractivity contribution is 6.33. The molecule has 0 saturated heterocycles. The first-order valence-corrected chi connectivity index (χ1v) is 10.1. The lowest BCUT2D eigenvalue weighted by atomic mass is 10.1. The number of nitrogens with zero attached hydrogens (tertiary/aromatic N) is 1. The highest BCUT2D eigenvalue weighted by atomic mass is 35.5. The normalized spacial score (nSPS) is 11.1. The van der Waals surface area contributed by atoms with E-state index in [1.807, 2.05) is 48.5 Å². The van der Waals surface area contributed by atoms with Gasteiger partial charge in [0.15, 0.2) is 5.76 Å². The minimum absolute atomic E-state index is 0.382. The van der Waals surface area contributed by atoms with Crippen LogP contribution in [0.2, 0.25) is 5.02 Å². The van der Waals surface area contributed by atoms with E-state index in [1.165, 1.54) is 0 Å². The van der Waals surface area contributed by atoms with E-state index in [4.69, 9.17) is 20.8 Å². The summed E-state index contributed by atoms with van der Waals surface area (Å²) in [5.74, 6) is 2.21. The maximum Gasteiger partial charge on any atom is 0.346 e. The van der Waals surface area contributed by atoms with Crippen molar-refractivity contribution in [3.8, 4) is 39.8 Å². The highest BCUT2D eigenvalue weighted by Crippen LogP contribution is 2.34. The molecule has 2 aromatic carbocycles. The van der Waals surface area contributed by atoms with Gasteiger partial charge in [0.25, 0.3) is 0 Å². The number of aromatic amines is 1. The first kappa shape index (κ1) is 20.0. The summed E-state index contributed by atoms with van der Waals surface area (Å²) in [7, 11) is 0. The van der Waals surface area contributed by atoms with Crippen LogP contribution in [0.15, 0.2) is 75.9 Å². The van der Waals surface area contributed by atoms with Gasteiger partial charge in [0, 0.05) is 11.1 Å². The average molecular weight is 421 g/mol. The summed E-state index contributed by atoms with van der Waals surface area (Å²) < 4.78 is 11.9. The summed E-state index contributed by atoms with van der Waals surface area (Å²) in [6.07, 6.45) is 0. The maximum absolute atomic E-state index is 12.3.